The molecule has 0 atom stereocenters. The zero-order valence-corrected chi connectivity index (χ0v) is 12.8. The maximum absolute atomic E-state index is 12.8. The predicted octanol–water partition coefficient (Wildman–Crippen LogP) is 2.66. The van der Waals surface area contributed by atoms with E-state index in [1.54, 1.807) is 12.1 Å². The van der Waals surface area contributed by atoms with Crippen molar-refractivity contribution in [1.82, 2.24) is 4.98 Å². The van der Waals surface area contributed by atoms with E-state index in [1.165, 1.54) is 22.6 Å². The normalized spacial score (nSPS) is 11.3. The molecule has 0 aliphatic rings. The molecule has 1 aromatic heterocycles. The monoisotopic (exact) mass is 305 g/mol. The summed E-state index contributed by atoms with van der Waals surface area (Å²) >= 11 is 0. The van der Waals surface area contributed by atoms with E-state index >= 15 is 0 Å². The van der Waals surface area contributed by atoms with Gasteiger partial charge in [-0.15, -0.1) is 0 Å². The Bertz CT molecular complexity index is 670. The lowest BCUT2D eigenvalue weighted by Gasteiger charge is -2.24. The van der Waals surface area contributed by atoms with Gasteiger partial charge in [-0.2, -0.15) is 0 Å². The molecule has 2 N–H and O–H groups in total. The number of aromatic nitrogens is 1. The molecular formula is C15H19N3O2S. The van der Waals surface area contributed by atoms with E-state index in [2.05, 4.69) is 4.98 Å². The Balaban J connectivity index is 2.42. The van der Waals surface area contributed by atoms with E-state index in [0.717, 1.165) is 12.8 Å². The van der Waals surface area contributed by atoms with E-state index in [1.807, 2.05) is 25.1 Å². The van der Waals surface area contributed by atoms with Crippen LogP contribution < -0.4 is 10.0 Å². The fourth-order valence-electron chi connectivity index (χ4n) is 1.96. The highest BCUT2D eigenvalue weighted by atomic mass is 32.2. The summed E-state index contributed by atoms with van der Waals surface area (Å²) in [4.78, 5) is 4.02. The first kappa shape index (κ1) is 15.3. The number of pyridine rings is 1. The minimum atomic E-state index is -3.63. The number of nitrogens with zero attached hydrogens (tertiary/aromatic N) is 2. The van der Waals surface area contributed by atoms with Gasteiger partial charge in [0.15, 0.2) is 0 Å². The number of sulfonamides is 1. The van der Waals surface area contributed by atoms with Crippen LogP contribution in [0.25, 0.3) is 0 Å². The number of unbranched alkanes of at least 4 members (excludes halogenated alkanes) is 1. The minimum absolute atomic E-state index is 0.150. The van der Waals surface area contributed by atoms with Crippen LogP contribution in [-0.2, 0) is 10.0 Å². The Morgan fingerprint density at radius 3 is 2.43 bits per heavy atom. The number of hydrogen-bond donors (Lipinski definition) is 1. The van der Waals surface area contributed by atoms with Crippen LogP contribution >= 0.6 is 0 Å². The standard InChI is InChI=1S/C15H19N3O2S/c1-2-3-11-18(13-7-5-4-6-8-13)21(19,20)14-9-10-15(16)17-12-14/h4-10,12H,2-3,11H2,1H3,(H2,16,17). The van der Waals surface area contributed by atoms with E-state index < -0.39 is 10.0 Å². The molecule has 1 heterocycles. The van der Waals surface area contributed by atoms with Gasteiger partial charge in [0.05, 0.1) is 5.69 Å². The van der Waals surface area contributed by atoms with E-state index in [9.17, 15) is 8.42 Å². The first-order chi connectivity index (χ1) is 10.1. The Morgan fingerprint density at radius 2 is 1.86 bits per heavy atom. The fraction of sp³-hybridized carbons (Fsp3) is 0.267. The van der Waals surface area contributed by atoms with Crippen molar-refractivity contribution in [2.24, 2.45) is 0 Å². The van der Waals surface area contributed by atoms with Gasteiger partial charge in [0.1, 0.15) is 10.7 Å². The molecule has 0 radical (unpaired) electrons. The lowest BCUT2D eigenvalue weighted by molar-refractivity contribution is 0.588. The molecule has 0 bridgehead atoms. The van der Waals surface area contributed by atoms with Crippen LogP contribution in [-0.4, -0.2) is 19.9 Å². The molecule has 0 aliphatic heterocycles. The quantitative estimate of drug-likeness (QED) is 0.890. The summed E-state index contributed by atoms with van der Waals surface area (Å²) < 4.78 is 27.0. The lowest BCUT2D eigenvalue weighted by atomic mass is 10.3. The van der Waals surface area contributed by atoms with Gasteiger partial charge in [0.2, 0.25) is 0 Å². The summed E-state index contributed by atoms with van der Waals surface area (Å²) in [5.74, 6) is 0.300. The van der Waals surface area contributed by atoms with Crippen molar-refractivity contribution in [2.45, 2.75) is 24.7 Å². The zero-order chi connectivity index (χ0) is 15.3. The largest absolute Gasteiger partial charge is 0.384 e. The van der Waals surface area contributed by atoms with Crippen molar-refractivity contribution >= 4 is 21.5 Å². The van der Waals surface area contributed by atoms with Crippen LogP contribution in [0.1, 0.15) is 19.8 Å². The van der Waals surface area contributed by atoms with Gasteiger partial charge in [0, 0.05) is 12.7 Å². The predicted molar refractivity (Wildman–Crippen MR) is 84.5 cm³/mol. The minimum Gasteiger partial charge on any atom is -0.384 e. The number of nitrogens with two attached hydrogens (primary N) is 1. The van der Waals surface area contributed by atoms with E-state index in [0.29, 0.717) is 18.1 Å². The Hall–Kier alpha value is -2.08. The topological polar surface area (TPSA) is 76.3 Å². The van der Waals surface area contributed by atoms with Crippen molar-refractivity contribution in [2.75, 3.05) is 16.6 Å². The van der Waals surface area contributed by atoms with Gasteiger partial charge < -0.3 is 5.73 Å². The maximum atomic E-state index is 12.8. The second kappa shape index (κ2) is 6.58. The van der Waals surface area contributed by atoms with Gasteiger partial charge in [-0.3, -0.25) is 4.31 Å². The smallest absolute Gasteiger partial charge is 0.265 e. The van der Waals surface area contributed by atoms with Gasteiger partial charge in [-0.05, 0) is 30.7 Å². The number of para-hydroxylation sites is 1. The molecule has 0 fully saturated rings. The number of nitrogen functional groups attached to an aromatic ring is 1. The van der Waals surface area contributed by atoms with Crippen molar-refractivity contribution in [3.05, 3.63) is 48.7 Å². The van der Waals surface area contributed by atoms with Crippen LogP contribution in [0, 0.1) is 0 Å². The molecule has 2 aromatic rings. The van der Waals surface area contributed by atoms with Crippen molar-refractivity contribution < 1.29 is 8.42 Å². The summed E-state index contributed by atoms with van der Waals surface area (Å²) in [6, 6.07) is 12.1. The molecule has 0 saturated carbocycles. The zero-order valence-electron chi connectivity index (χ0n) is 11.9. The molecular weight excluding hydrogens is 286 g/mol. The van der Waals surface area contributed by atoms with Crippen LogP contribution in [0.4, 0.5) is 11.5 Å². The molecule has 5 nitrogen and oxygen atoms in total. The van der Waals surface area contributed by atoms with E-state index in [4.69, 9.17) is 5.73 Å². The highest BCUT2D eigenvalue weighted by Crippen LogP contribution is 2.23. The first-order valence-electron chi connectivity index (χ1n) is 6.85. The number of rotatable bonds is 6. The third-order valence-electron chi connectivity index (χ3n) is 3.11. The molecule has 1 aromatic carbocycles. The third-order valence-corrected chi connectivity index (χ3v) is 4.92. The lowest BCUT2D eigenvalue weighted by Crippen LogP contribution is -2.32. The first-order valence-corrected chi connectivity index (χ1v) is 8.29. The Morgan fingerprint density at radius 1 is 1.14 bits per heavy atom. The molecule has 0 amide bonds. The van der Waals surface area contributed by atoms with Crippen LogP contribution in [0.3, 0.4) is 0 Å². The summed E-state index contributed by atoms with van der Waals surface area (Å²) in [7, 11) is -3.63. The fourth-order valence-corrected chi connectivity index (χ4v) is 3.40. The van der Waals surface area contributed by atoms with Crippen LogP contribution in [0.2, 0.25) is 0 Å². The van der Waals surface area contributed by atoms with E-state index in [-0.39, 0.29) is 4.90 Å². The highest BCUT2D eigenvalue weighted by molar-refractivity contribution is 7.92. The summed E-state index contributed by atoms with van der Waals surface area (Å²) in [6.07, 6.45) is 3.00. The van der Waals surface area contributed by atoms with Crippen LogP contribution in [0.5, 0.6) is 0 Å². The Kier molecular flexibility index (Phi) is 4.80. The second-order valence-electron chi connectivity index (χ2n) is 4.69. The molecule has 0 aliphatic carbocycles. The van der Waals surface area contributed by atoms with Crippen molar-refractivity contribution in [3.8, 4) is 0 Å². The Labute approximate surface area is 125 Å². The molecule has 0 unspecified atom stereocenters. The second-order valence-corrected chi connectivity index (χ2v) is 6.55. The van der Waals surface area contributed by atoms with Gasteiger partial charge >= 0.3 is 0 Å². The average Bonchev–Trinajstić information content (AvgIpc) is 2.49. The van der Waals surface area contributed by atoms with Gasteiger partial charge in [-0.25, -0.2) is 13.4 Å². The highest BCUT2D eigenvalue weighted by Gasteiger charge is 2.24. The summed E-state index contributed by atoms with van der Waals surface area (Å²) in [5, 5.41) is 0. The summed E-state index contributed by atoms with van der Waals surface area (Å²) in [5.41, 5.74) is 6.17. The number of benzene rings is 1. The molecule has 0 spiro atoms. The summed E-state index contributed by atoms with van der Waals surface area (Å²) in [6.45, 7) is 2.47. The number of anilines is 2. The molecule has 0 saturated heterocycles. The SMILES string of the molecule is CCCCN(c1ccccc1)S(=O)(=O)c1ccc(N)nc1. The number of hydrogen-bond acceptors (Lipinski definition) is 4. The molecule has 112 valence electrons. The molecule has 21 heavy (non-hydrogen) atoms. The van der Waals surface area contributed by atoms with Gasteiger partial charge in [-0.1, -0.05) is 31.5 Å². The van der Waals surface area contributed by atoms with Crippen molar-refractivity contribution in [1.29, 1.82) is 0 Å². The van der Waals surface area contributed by atoms with Crippen LogP contribution in [0.15, 0.2) is 53.6 Å². The third kappa shape index (κ3) is 3.52. The van der Waals surface area contributed by atoms with Crippen molar-refractivity contribution in [3.63, 3.8) is 0 Å². The van der Waals surface area contributed by atoms with Gasteiger partial charge in [0.25, 0.3) is 10.0 Å². The molecule has 6 heteroatoms. The average molecular weight is 305 g/mol. The maximum Gasteiger partial charge on any atom is 0.265 e. The molecule has 2 rings (SSSR count).